The number of hydrogen-bond acceptors (Lipinski definition) is 4. The van der Waals surface area contributed by atoms with Crippen LogP contribution in [0.1, 0.15) is 16.7 Å². The molecule has 0 amide bonds. The molecule has 0 aliphatic heterocycles. The molecule has 0 aliphatic carbocycles. The van der Waals surface area contributed by atoms with Gasteiger partial charge in [0.25, 0.3) is 0 Å². The second-order valence-corrected chi connectivity index (χ2v) is 14.7. The quantitative estimate of drug-likeness (QED) is 0.121. The number of benzene rings is 8. The first-order valence-electron chi connectivity index (χ1n) is 18.6. The van der Waals surface area contributed by atoms with Crippen LogP contribution >= 0.6 is 11.3 Å². The molecule has 10 rings (SSSR count). The van der Waals surface area contributed by atoms with E-state index in [2.05, 4.69) is 134 Å². The van der Waals surface area contributed by atoms with Crippen LogP contribution in [0.5, 0.6) is 0 Å². The first-order chi connectivity index (χ1) is 27.5. The van der Waals surface area contributed by atoms with Crippen LogP contribution in [0.15, 0.2) is 192 Å². The number of amidine groups is 1. The molecule has 2 heterocycles. The first-order valence-corrected chi connectivity index (χ1v) is 19.5. The van der Waals surface area contributed by atoms with Crippen molar-refractivity contribution in [1.29, 1.82) is 5.41 Å². The summed E-state index contributed by atoms with van der Waals surface area (Å²) < 4.78 is 8.35. The number of nitrogens with one attached hydrogen (secondary N) is 1. The molecule has 4 nitrogen and oxygen atoms in total. The SMILES string of the molecule is Cc1cccc2oc3ccccc3c12.N=C(N)c1ccccc1.NCc1cccc2sc3ccc(-c4ccc(-c5cccc(-c6ccccc6)c5)cc4)cc3c12. The van der Waals surface area contributed by atoms with Gasteiger partial charge in [0.05, 0.1) is 0 Å². The largest absolute Gasteiger partial charge is 0.456 e. The van der Waals surface area contributed by atoms with Crippen LogP contribution in [-0.4, -0.2) is 5.84 Å². The van der Waals surface area contributed by atoms with E-state index in [-0.39, 0.29) is 5.84 Å². The summed E-state index contributed by atoms with van der Waals surface area (Å²) in [4.78, 5) is 0. The van der Waals surface area contributed by atoms with E-state index in [1.54, 1.807) is 0 Å². The zero-order valence-corrected chi connectivity index (χ0v) is 31.9. The molecule has 10 aromatic rings. The second kappa shape index (κ2) is 16.3. The van der Waals surface area contributed by atoms with Crippen LogP contribution in [0.3, 0.4) is 0 Å². The van der Waals surface area contributed by atoms with Crippen molar-refractivity contribution in [1.82, 2.24) is 0 Å². The van der Waals surface area contributed by atoms with Gasteiger partial charge in [-0.25, -0.2) is 0 Å². The standard InChI is InChI=1S/C31H23NS.C13H10O.C7H8N2/c32-20-27-10-5-11-30-31(27)28-19-26(16-17-29(28)33-30)23-14-12-22(13-15-23)25-9-4-8-24(18-25)21-6-2-1-3-7-21;1-9-5-4-8-12-13(9)10-6-2-3-7-11(10)14-12;8-7(9)6-4-2-1-3-5-6/h1-19H,20,32H2;2-8H,1H3;1-5H,(H3,8,9). The van der Waals surface area contributed by atoms with E-state index in [1.807, 2.05) is 72.0 Å². The summed E-state index contributed by atoms with van der Waals surface area (Å²) in [7, 11) is 0. The number of para-hydroxylation sites is 1. The Morgan fingerprint density at radius 1 is 0.500 bits per heavy atom. The molecule has 0 fully saturated rings. The van der Waals surface area contributed by atoms with Gasteiger partial charge in [-0.1, -0.05) is 152 Å². The van der Waals surface area contributed by atoms with Crippen LogP contribution in [0.4, 0.5) is 0 Å². The molecule has 0 aliphatic rings. The molecule has 272 valence electrons. The van der Waals surface area contributed by atoms with E-state index in [9.17, 15) is 0 Å². The molecule has 0 saturated carbocycles. The predicted octanol–water partition coefficient (Wildman–Crippen LogP) is 13.4. The Morgan fingerprint density at radius 3 is 1.73 bits per heavy atom. The van der Waals surface area contributed by atoms with Gasteiger partial charge < -0.3 is 15.9 Å². The summed E-state index contributed by atoms with van der Waals surface area (Å²) in [5, 5.41) is 12.1. The Hall–Kier alpha value is -6.79. The molecule has 5 heteroatoms. The number of aryl methyl sites for hydroxylation is 1. The fourth-order valence-corrected chi connectivity index (χ4v) is 8.32. The second-order valence-electron chi connectivity index (χ2n) is 13.7. The third-order valence-electron chi connectivity index (χ3n) is 10.0. The lowest BCUT2D eigenvalue weighted by atomic mass is 9.96. The first kappa shape index (κ1) is 36.2. The van der Waals surface area contributed by atoms with Crippen molar-refractivity contribution in [2.24, 2.45) is 11.5 Å². The van der Waals surface area contributed by atoms with Crippen molar-refractivity contribution < 1.29 is 4.42 Å². The molecule has 5 N–H and O–H groups in total. The van der Waals surface area contributed by atoms with E-state index in [4.69, 9.17) is 21.3 Å². The highest BCUT2D eigenvalue weighted by atomic mass is 32.1. The number of rotatable bonds is 5. The highest BCUT2D eigenvalue weighted by Crippen LogP contribution is 2.38. The number of nitrogens with two attached hydrogens (primary N) is 2. The minimum Gasteiger partial charge on any atom is -0.456 e. The summed E-state index contributed by atoms with van der Waals surface area (Å²) in [6.45, 7) is 2.68. The molecule has 56 heavy (non-hydrogen) atoms. The molecule has 8 aromatic carbocycles. The summed E-state index contributed by atoms with van der Waals surface area (Å²) in [6.07, 6.45) is 0. The Bertz CT molecular complexity index is 2930. The smallest absolute Gasteiger partial charge is 0.135 e. The van der Waals surface area contributed by atoms with E-state index < -0.39 is 0 Å². The van der Waals surface area contributed by atoms with Crippen LogP contribution < -0.4 is 11.5 Å². The molecule has 0 saturated heterocycles. The van der Waals surface area contributed by atoms with Gasteiger partial charge in [0.15, 0.2) is 0 Å². The van der Waals surface area contributed by atoms with Gasteiger partial charge in [0, 0.05) is 43.1 Å². The molecular weight excluding hydrogens is 703 g/mol. The van der Waals surface area contributed by atoms with Crippen molar-refractivity contribution in [3.63, 3.8) is 0 Å². The lowest BCUT2D eigenvalue weighted by molar-refractivity contribution is 0.669. The monoisotopic (exact) mass is 743 g/mol. The lowest BCUT2D eigenvalue weighted by Crippen LogP contribution is -2.10. The van der Waals surface area contributed by atoms with Gasteiger partial charge in [0.1, 0.15) is 17.0 Å². The summed E-state index contributed by atoms with van der Waals surface area (Å²) in [6, 6.07) is 64.9. The Balaban J connectivity index is 0.000000156. The van der Waals surface area contributed by atoms with E-state index >= 15 is 0 Å². The maximum Gasteiger partial charge on any atom is 0.135 e. The van der Waals surface area contributed by atoms with Gasteiger partial charge in [-0.2, -0.15) is 0 Å². The lowest BCUT2D eigenvalue weighted by Gasteiger charge is -2.08. The predicted molar refractivity (Wildman–Crippen MR) is 239 cm³/mol. The average Bonchev–Trinajstić information content (AvgIpc) is 3.84. The van der Waals surface area contributed by atoms with Crippen molar-refractivity contribution in [3.05, 3.63) is 205 Å². The van der Waals surface area contributed by atoms with Crippen molar-refractivity contribution in [2.75, 3.05) is 0 Å². The Kier molecular flexibility index (Phi) is 10.5. The average molecular weight is 744 g/mol. The molecular formula is C51H41N3OS. The Morgan fingerprint density at radius 2 is 1.05 bits per heavy atom. The van der Waals surface area contributed by atoms with Crippen molar-refractivity contribution in [3.8, 4) is 33.4 Å². The molecule has 2 aromatic heterocycles. The number of hydrogen-bond donors (Lipinski definition) is 3. The maximum atomic E-state index is 7.01. The zero-order valence-electron chi connectivity index (χ0n) is 31.1. The Labute approximate surface area is 330 Å². The summed E-state index contributed by atoms with van der Waals surface area (Å²) >= 11 is 1.84. The molecule has 0 unspecified atom stereocenters. The number of fused-ring (bicyclic) bond motifs is 6. The van der Waals surface area contributed by atoms with Crippen molar-refractivity contribution in [2.45, 2.75) is 13.5 Å². The molecule has 0 bridgehead atoms. The fourth-order valence-electron chi connectivity index (χ4n) is 7.18. The van der Waals surface area contributed by atoms with Gasteiger partial charge in [-0.05, 0) is 87.8 Å². The van der Waals surface area contributed by atoms with Crippen LogP contribution in [0.2, 0.25) is 0 Å². The van der Waals surface area contributed by atoms with E-state index in [1.165, 1.54) is 75.5 Å². The van der Waals surface area contributed by atoms with Gasteiger partial charge in [-0.3, -0.25) is 5.41 Å². The van der Waals surface area contributed by atoms with Crippen molar-refractivity contribution >= 4 is 59.3 Å². The molecule has 0 radical (unpaired) electrons. The topological polar surface area (TPSA) is 89.0 Å². The number of nitrogen functional groups attached to an aromatic ring is 1. The third kappa shape index (κ3) is 7.59. The highest BCUT2D eigenvalue weighted by molar-refractivity contribution is 7.25. The van der Waals surface area contributed by atoms with Gasteiger partial charge in [0.2, 0.25) is 0 Å². The maximum absolute atomic E-state index is 7.01. The summed E-state index contributed by atoms with van der Waals surface area (Å²) in [5.74, 6) is 0.121. The van der Waals surface area contributed by atoms with E-state index in [0.717, 1.165) is 16.7 Å². The number of thiophene rings is 1. The minimum atomic E-state index is 0.121. The fraction of sp³-hybridized carbons (Fsp3) is 0.0392. The molecule has 0 atom stereocenters. The molecule has 0 spiro atoms. The summed E-state index contributed by atoms with van der Waals surface area (Å²) in [5.41, 5.74) is 23.8. The minimum absolute atomic E-state index is 0.121. The van der Waals surface area contributed by atoms with Gasteiger partial charge in [-0.15, -0.1) is 11.3 Å². The van der Waals surface area contributed by atoms with Crippen LogP contribution in [-0.2, 0) is 6.54 Å². The van der Waals surface area contributed by atoms with E-state index in [0.29, 0.717) is 6.54 Å². The van der Waals surface area contributed by atoms with Crippen LogP contribution in [0, 0.1) is 12.3 Å². The van der Waals surface area contributed by atoms with Gasteiger partial charge >= 0.3 is 0 Å². The highest BCUT2D eigenvalue weighted by Gasteiger charge is 2.11. The van der Waals surface area contributed by atoms with Crippen LogP contribution in [0.25, 0.3) is 75.5 Å². The number of furan rings is 1. The normalized spacial score (nSPS) is 10.9. The zero-order chi connectivity index (χ0) is 38.4. The third-order valence-corrected chi connectivity index (χ3v) is 11.2.